The first-order valence-electron chi connectivity index (χ1n) is 8.47. The highest BCUT2D eigenvalue weighted by atomic mass is 32.2. The number of anilines is 1. The molecule has 3 aromatic rings. The minimum Gasteiger partial charge on any atom is -0.375 e. The maximum Gasteiger partial charge on any atom is 0.433 e. The Morgan fingerprint density at radius 3 is 2.77 bits per heavy atom. The van der Waals surface area contributed by atoms with Crippen molar-refractivity contribution in [2.45, 2.75) is 36.3 Å². The number of benzene rings is 1. The molecule has 0 spiro atoms. The molecular formula is C18H15F3N4S. The predicted molar refractivity (Wildman–Crippen MR) is 94.4 cm³/mol. The lowest BCUT2D eigenvalue weighted by atomic mass is 9.80. The van der Waals surface area contributed by atoms with E-state index in [1.807, 2.05) is 18.2 Å². The number of aromatic nitrogens is 3. The van der Waals surface area contributed by atoms with Crippen molar-refractivity contribution in [1.82, 2.24) is 14.6 Å². The van der Waals surface area contributed by atoms with Crippen molar-refractivity contribution in [3.8, 4) is 11.1 Å². The van der Waals surface area contributed by atoms with Crippen LogP contribution in [0.15, 0.2) is 35.5 Å². The number of hydrogen-bond acceptors (Lipinski definition) is 4. The SMILES string of the molecule is FC(F)(F)c1cc2c(-c3ccc4c(c3)SCN4)c(C3CCC3)nn2cn1. The van der Waals surface area contributed by atoms with Gasteiger partial charge in [-0.25, -0.2) is 9.50 Å². The van der Waals surface area contributed by atoms with Gasteiger partial charge in [-0.15, -0.1) is 11.8 Å². The molecule has 1 aromatic carbocycles. The van der Waals surface area contributed by atoms with Crippen LogP contribution >= 0.6 is 11.8 Å². The molecule has 3 heterocycles. The molecule has 8 heteroatoms. The van der Waals surface area contributed by atoms with Crippen molar-refractivity contribution in [2.75, 3.05) is 11.2 Å². The number of nitrogens with zero attached hydrogens (tertiary/aromatic N) is 3. The van der Waals surface area contributed by atoms with E-state index < -0.39 is 11.9 Å². The number of halogens is 3. The highest BCUT2D eigenvalue weighted by molar-refractivity contribution is 7.99. The van der Waals surface area contributed by atoms with Crippen LogP contribution < -0.4 is 5.32 Å². The molecule has 2 aromatic heterocycles. The third-order valence-corrected chi connectivity index (χ3v) is 6.03. The fourth-order valence-electron chi connectivity index (χ4n) is 3.53. The summed E-state index contributed by atoms with van der Waals surface area (Å²) in [6.45, 7) is 0. The maximum atomic E-state index is 13.2. The molecule has 4 nitrogen and oxygen atoms in total. The second-order valence-corrected chi connectivity index (χ2v) is 7.68. The number of fused-ring (bicyclic) bond motifs is 2. The summed E-state index contributed by atoms with van der Waals surface area (Å²) in [5.41, 5.74) is 3.24. The quantitative estimate of drug-likeness (QED) is 0.671. The maximum absolute atomic E-state index is 13.2. The molecule has 2 aliphatic rings. The van der Waals surface area contributed by atoms with Crippen molar-refractivity contribution < 1.29 is 13.2 Å². The van der Waals surface area contributed by atoms with E-state index in [0.29, 0.717) is 11.4 Å². The minimum atomic E-state index is -4.47. The third-order valence-electron chi connectivity index (χ3n) is 5.10. The van der Waals surface area contributed by atoms with E-state index in [2.05, 4.69) is 15.4 Å². The van der Waals surface area contributed by atoms with Gasteiger partial charge in [0.15, 0.2) is 0 Å². The van der Waals surface area contributed by atoms with Crippen LogP contribution in [0.1, 0.15) is 36.6 Å². The van der Waals surface area contributed by atoms with Crippen molar-refractivity contribution in [1.29, 1.82) is 0 Å². The van der Waals surface area contributed by atoms with Crippen molar-refractivity contribution in [3.05, 3.63) is 42.0 Å². The number of nitrogens with one attached hydrogen (secondary N) is 1. The van der Waals surface area contributed by atoms with Gasteiger partial charge in [0.05, 0.1) is 17.1 Å². The van der Waals surface area contributed by atoms with Gasteiger partial charge in [-0.1, -0.05) is 12.5 Å². The first kappa shape index (κ1) is 16.0. The first-order chi connectivity index (χ1) is 12.5. The Kier molecular flexibility index (Phi) is 3.47. The van der Waals surface area contributed by atoms with Crippen molar-refractivity contribution in [2.24, 2.45) is 0 Å². The lowest BCUT2D eigenvalue weighted by Gasteiger charge is -2.24. The van der Waals surface area contributed by atoms with Gasteiger partial charge in [0.25, 0.3) is 0 Å². The Morgan fingerprint density at radius 2 is 2.04 bits per heavy atom. The fraction of sp³-hybridized carbons (Fsp3) is 0.333. The predicted octanol–water partition coefficient (Wildman–Crippen LogP) is 5.16. The molecular weight excluding hydrogens is 361 g/mol. The van der Waals surface area contributed by atoms with E-state index in [4.69, 9.17) is 0 Å². The van der Waals surface area contributed by atoms with Crippen LogP contribution in [0.3, 0.4) is 0 Å². The van der Waals surface area contributed by atoms with E-state index in [9.17, 15) is 13.2 Å². The van der Waals surface area contributed by atoms with Crippen LogP contribution in [0, 0.1) is 0 Å². The van der Waals surface area contributed by atoms with E-state index in [1.54, 1.807) is 11.8 Å². The standard InChI is InChI=1S/C18H15F3N4S/c19-18(20,21)15-7-13-16(11-4-5-12-14(6-11)26-9-23-12)17(10-2-1-3-10)24-25(13)8-22-15/h4-8,10,23H,1-3,9H2. The number of thioether (sulfide) groups is 1. The van der Waals surface area contributed by atoms with Gasteiger partial charge in [0, 0.05) is 22.1 Å². The van der Waals surface area contributed by atoms with E-state index in [-0.39, 0.29) is 0 Å². The summed E-state index contributed by atoms with van der Waals surface area (Å²) in [6.07, 6.45) is -0.117. The zero-order valence-corrected chi connectivity index (χ0v) is 14.5. The lowest BCUT2D eigenvalue weighted by molar-refractivity contribution is -0.141. The number of rotatable bonds is 2. The molecule has 1 fully saturated rings. The Hall–Kier alpha value is -2.22. The molecule has 0 amide bonds. The van der Waals surface area contributed by atoms with Crippen LogP contribution in [0.25, 0.3) is 16.6 Å². The monoisotopic (exact) mass is 376 g/mol. The van der Waals surface area contributed by atoms with Crippen molar-refractivity contribution in [3.63, 3.8) is 0 Å². The zero-order chi connectivity index (χ0) is 17.9. The highest BCUT2D eigenvalue weighted by Crippen LogP contribution is 2.44. The third kappa shape index (κ3) is 2.46. The van der Waals surface area contributed by atoms with Gasteiger partial charge in [-0.05, 0) is 36.6 Å². The molecule has 0 unspecified atom stereocenters. The summed E-state index contributed by atoms with van der Waals surface area (Å²) in [4.78, 5) is 4.67. The second-order valence-electron chi connectivity index (χ2n) is 6.67. The Bertz CT molecular complexity index is 1010. The molecule has 1 aliphatic carbocycles. The second kappa shape index (κ2) is 5.64. The molecule has 0 saturated heterocycles. The Labute approximate surface area is 151 Å². The van der Waals surface area contributed by atoms with Crippen LogP contribution in [0.4, 0.5) is 18.9 Å². The van der Waals surface area contributed by atoms with Crippen LogP contribution in [0.2, 0.25) is 0 Å². The van der Waals surface area contributed by atoms with Gasteiger partial charge in [0.2, 0.25) is 0 Å². The molecule has 134 valence electrons. The van der Waals surface area contributed by atoms with E-state index in [1.165, 1.54) is 10.8 Å². The van der Waals surface area contributed by atoms with E-state index >= 15 is 0 Å². The van der Waals surface area contributed by atoms with Gasteiger partial charge in [-0.2, -0.15) is 18.3 Å². The molecule has 0 radical (unpaired) electrons. The first-order valence-corrected chi connectivity index (χ1v) is 9.46. The normalized spacial score (nSPS) is 17.2. The smallest absolute Gasteiger partial charge is 0.375 e. The average molecular weight is 376 g/mol. The van der Waals surface area contributed by atoms with Gasteiger partial charge in [-0.3, -0.25) is 0 Å². The van der Waals surface area contributed by atoms with Gasteiger partial charge in [0.1, 0.15) is 12.0 Å². The highest BCUT2D eigenvalue weighted by Gasteiger charge is 2.34. The molecule has 1 saturated carbocycles. The summed E-state index contributed by atoms with van der Waals surface area (Å²) in [5.74, 6) is 1.11. The zero-order valence-electron chi connectivity index (χ0n) is 13.7. The molecule has 1 aliphatic heterocycles. The summed E-state index contributed by atoms with van der Waals surface area (Å²) >= 11 is 1.70. The summed E-state index contributed by atoms with van der Waals surface area (Å²) in [7, 11) is 0. The molecule has 1 N–H and O–H groups in total. The summed E-state index contributed by atoms with van der Waals surface area (Å²) < 4.78 is 41.0. The fourth-order valence-corrected chi connectivity index (χ4v) is 4.42. The van der Waals surface area contributed by atoms with Crippen LogP contribution in [-0.4, -0.2) is 20.5 Å². The summed E-state index contributed by atoms with van der Waals surface area (Å²) in [6, 6.07) is 7.12. The number of hydrogen-bond donors (Lipinski definition) is 1. The minimum absolute atomic E-state index is 0.304. The van der Waals surface area contributed by atoms with E-state index in [0.717, 1.165) is 58.6 Å². The molecule has 0 bridgehead atoms. The molecule has 5 rings (SSSR count). The Morgan fingerprint density at radius 1 is 1.19 bits per heavy atom. The number of alkyl halides is 3. The molecule has 26 heavy (non-hydrogen) atoms. The molecule has 0 atom stereocenters. The van der Waals surface area contributed by atoms with Gasteiger partial charge < -0.3 is 5.32 Å². The Balaban J connectivity index is 1.75. The average Bonchev–Trinajstić information content (AvgIpc) is 3.14. The largest absolute Gasteiger partial charge is 0.433 e. The lowest BCUT2D eigenvalue weighted by Crippen LogP contribution is -2.10. The summed E-state index contributed by atoms with van der Waals surface area (Å²) in [5, 5.41) is 7.87. The topological polar surface area (TPSA) is 42.2 Å². The van der Waals surface area contributed by atoms with Crippen LogP contribution in [-0.2, 0) is 6.18 Å². The van der Waals surface area contributed by atoms with Gasteiger partial charge >= 0.3 is 6.18 Å². The van der Waals surface area contributed by atoms with Crippen LogP contribution in [0.5, 0.6) is 0 Å². The van der Waals surface area contributed by atoms with Crippen molar-refractivity contribution >= 4 is 23.0 Å².